The van der Waals surface area contributed by atoms with Gasteiger partial charge < -0.3 is 4.42 Å². The molecule has 1 aliphatic heterocycles. The average molecular weight is 263 g/mol. The number of furan rings is 1. The molecule has 3 rings (SSSR count). The first kappa shape index (κ1) is 11.6. The molecule has 2 aromatic heterocycles. The minimum atomic E-state index is -0.109. The summed E-state index contributed by atoms with van der Waals surface area (Å²) in [4.78, 5) is 14.6. The van der Waals surface area contributed by atoms with E-state index in [4.69, 9.17) is 4.42 Å². The van der Waals surface area contributed by atoms with Gasteiger partial charge in [-0.2, -0.15) is 8.75 Å². The van der Waals surface area contributed by atoms with Crippen molar-refractivity contribution in [3.8, 4) is 11.5 Å². The maximum absolute atomic E-state index is 12.4. The van der Waals surface area contributed by atoms with Gasteiger partial charge in [0.1, 0.15) is 5.69 Å². The molecule has 6 heteroatoms. The van der Waals surface area contributed by atoms with Gasteiger partial charge in [-0.3, -0.25) is 9.69 Å². The van der Waals surface area contributed by atoms with E-state index in [0.717, 1.165) is 31.1 Å². The zero-order valence-electron chi connectivity index (χ0n) is 10.00. The Morgan fingerprint density at radius 1 is 1.50 bits per heavy atom. The Morgan fingerprint density at radius 3 is 3.06 bits per heavy atom. The van der Waals surface area contributed by atoms with Crippen LogP contribution in [0.2, 0.25) is 0 Å². The van der Waals surface area contributed by atoms with Crippen LogP contribution < -0.4 is 5.43 Å². The third-order valence-corrected chi connectivity index (χ3v) is 3.85. The molecule has 1 aliphatic rings. The minimum Gasteiger partial charge on any atom is -0.463 e. The lowest BCUT2D eigenvalue weighted by Gasteiger charge is -2.17. The Morgan fingerprint density at radius 2 is 2.39 bits per heavy atom. The van der Waals surface area contributed by atoms with E-state index in [-0.39, 0.29) is 11.5 Å². The molecule has 1 unspecified atom stereocenters. The summed E-state index contributed by atoms with van der Waals surface area (Å²) in [7, 11) is 2.02. The first-order chi connectivity index (χ1) is 8.77. The quantitative estimate of drug-likeness (QED) is 0.828. The van der Waals surface area contributed by atoms with Gasteiger partial charge in [0.05, 0.1) is 24.0 Å². The van der Waals surface area contributed by atoms with E-state index in [2.05, 4.69) is 13.6 Å². The van der Waals surface area contributed by atoms with E-state index in [1.54, 1.807) is 18.4 Å². The van der Waals surface area contributed by atoms with Gasteiger partial charge in [-0.05, 0) is 38.6 Å². The minimum absolute atomic E-state index is 0.109. The second kappa shape index (κ2) is 4.62. The molecule has 0 N–H and O–H groups in total. The van der Waals surface area contributed by atoms with E-state index in [9.17, 15) is 4.79 Å². The van der Waals surface area contributed by atoms with Crippen LogP contribution in [-0.2, 0) is 0 Å². The van der Waals surface area contributed by atoms with Crippen LogP contribution in [0.25, 0.3) is 11.5 Å². The SMILES string of the molecule is CN1CCCC1c1nsnc(-c2ccco2)c1=O. The van der Waals surface area contributed by atoms with Gasteiger partial charge >= 0.3 is 0 Å². The molecule has 1 atom stereocenters. The van der Waals surface area contributed by atoms with E-state index in [0.29, 0.717) is 17.1 Å². The van der Waals surface area contributed by atoms with Crippen molar-refractivity contribution in [3.63, 3.8) is 0 Å². The van der Waals surface area contributed by atoms with E-state index < -0.39 is 0 Å². The molecule has 5 nitrogen and oxygen atoms in total. The molecular formula is C12H13N3O2S. The molecule has 0 aromatic carbocycles. The van der Waals surface area contributed by atoms with Crippen molar-refractivity contribution in [2.45, 2.75) is 18.9 Å². The predicted molar refractivity (Wildman–Crippen MR) is 68.5 cm³/mol. The second-order valence-corrected chi connectivity index (χ2v) is 4.97. The largest absolute Gasteiger partial charge is 0.463 e. The van der Waals surface area contributed by atoms with Gasteiger partial charge in [-0.15, -0.1) is 0 Å². The monoisotopic (exact) mass is 263 g/mol. The summed E-state index contributed by atoms with van der Waals surface area (Å²) < 4.78 is 13.5. The van der Waals surface area contributed by atoms with Crippen LogP contribution in [0.1, 0.15) is 24.6 Å². The fraction of sp³-hybridized carbons (Fsp3) is 0.417. The lowest BCUT2D eigenvalue weighted by Crippen LogP contribution is -2.25. The first-order valence-corrected chi connectivity index (χ1v) is 6.61. The van der Waals surface area contributed by atoms with Crippen molar-refractivity contribution >= 4 is 11.7 Å². The van der Waals surface area contributed by atoms with Crippen LogP contribution >= 0.6 is 11.7 Å². The molecule has 0 saturated carbocycles. The Kier molecular flexibility index (Phi) is 2.97. The van der Waals surface area contributed by atoms with Gasteiger partial charge in [0.25, 0.3) is 0 Å². The highest BCUT2D eigenvalue weighted by molar-refractivity contribution is 6.99. The number of hydrogen-bond acceptors (Lipinski definition) is 6. The van der Waals surface area contributed by atoms with Crippen LogP contribution in [0.3, 0.4) is 0 Å². The molecule has 1 saturated heterocycles. The smallest absolute Gasteiger partial charge is 0.233 e. The van der Waals surface area contributed by atoms with Gasteiger partial charge in [0.2, 0.25) is 5.43 Å². The highest BCUT2D eigenvalue weighted by Crippen LogP contribution is 2.28. The number of aromatic nitrogens is 2. The maximum atomic E-state index is 12.4. The number of rotatable bonds is 2. The van der Waals surface area contributed by atoms with Gasteiger partial charge in [0, 0.05) is 0 Å². The summed E-state index contributed by atoms with van der Waals surface area (Å²) in [5.41, 5.74) is 0.860. The molecule has 0 spiro atoms. The van der Waals surface area contributed by atoms with Crippen LogP contribution in [0.5, 0.6) is 0 Å². The van der Waals surface area contributed by atoms with Crippen molar-refractivity contribution in [1.82, 2.24) is 13.6 Å². The summed E-state index contributed by atoms with van der Waals surface area (Å²) >= 11 is 1.07. The molecule has 1 fully saturated rings. The van der Waals surface area contributed by atoms with Crippen molar-refractivity contribution in [1.29, 1.82) is 0 Å². The van der Waals surface area contributed by atoms with Crippen LogP contribution in [0, 0.1) is 0 Å². The van der Waals surface area contributed by atoms with Gasteiger partial charge in [0.15, 0.2) is 11.5 Å². The van der Waals surface area contributed by atoms with E-state index >= 15 is 0 Å². The molecule has 94 valence electrons. The van der Waals surface area contributed by atoms with E-state index in [1.807, 2.05) is 7.05 Å². The summed E-state index contributed by atoms with van der Waals surface area (Å²) in [6, 6.07) is 3.62. The predicted octanol–water partition coefficient (Wildman–Crippen LogP) is 1.93. The highest BCUT2D eigenvalue weighted by Gasteiger charge is 2.28. The van der Waals surface area contributed by atoms with Crippen molar-refractivity contribution in [2.75, 3.05) is 13.6 Å². The number of nitrogens with zero attached hydrogens (tertiary/aromatic N) is 3. The summed E-state index contributed by atoms with van der Waals surface area (Å²) in [5.74, 6) is 0.514. The normalized spacial score (nSPS) is 20.4. The highest BCUT2D eigenvalue weighted by atomic mass is 32.1. The molecular weight excluding hydrogens is 250 g/mol. The summed E-state index contributed by atoms with van der Waals surface area (Å²) in [6.45, 7) is 1.01. The van der Waals surface area contributed by atoms with Crippen molar-refractivity contribution in [3.05, 3.63) is 34.3 Å². The Balaban J connectivity index is 2.07. The van der Waals surface area contributed by atoms with Crippen molar-refractivity contribution < 1.29 is 4.42 Å². The Hall–Kier alpha value is -1.53. The maximum Gasteiger partial charge on any atom is 0.233 e. The van der Waals surface area contributed by atoms with Gasteiger partial charge in [-0.25, -0.2) is 0 Å². The first-order valence-electron chi connectivity index (χ1n) is 5.88. The third-order valence-electron chi connectivity index (χ3n) is 3.31. The standard InChI is InChI=1S/C12H13N3O2S/c1-15-6-2-4-8(15)10-12(16)11(14-18-13-10)9-5-3-7-17-9/h3,5,7-8H,2,4,6H2,1H3. The zero-order valence-corrected chi connectivity index (χ0v) is 10.8. The lowest BCUT2D eigenvalue weighted by molar-refractivity contribution is 0.311. The summed E-state index contributed by atoms with van der Waals surface area (Å²) in [6.07, 6.45) is 3.63. The molecule has 3 heterocycles. The average Bonchev–Trinajstić information content (AvgIpc) is 3.01. The molecule has 2 aromatic rings. The third kappa shape index (κ3) is 1.87. The fourth-order valence-corrected chi connectivity index (χ4v) is 2.94. The fourth-order valence-electron chi connectivity index (χ4n) is 2.35. The van der Waals surface area contributed by atoms with E-state index in [1.165, 1.54) is 0 Å². The second-order valence-electron chi connectivity index (χ2n) is 4.44. The molecule has 0 radical (unpaired) electrons. The van der Waals surface area contributed by atoms with Crippen LogP contribution in [0.4, 0.5) is 0 Å². The molecule has 0 amide bonds. The molecule has 18 heavy (non-hydrogen) atoms. The van der Waals surface area contributed by atoms with Crippen LogP contribution in [-0.4, -0.2) is 27.2 Å². The topological polar surface area (TPSA) is 59.2 Å². The van der Waals surface area contributed by atoms with Crippen LogP contribution in [0.15, 0.2) is 27.6 Å². The van der Waals surface area contributed by atoms with Gasteiger partial charge in [-0.1, -0.05) is 0 Å². The van der Waals surface area contributed by atoms with Crippen molar-refractivity contribution in [2.24, 2.45) is 0 Å². The molecule has 0 bridgehead atoms. The summed E-state index contributed by atoms with van der Waals surface area (Å²) in [5, 5.41) is 0. The number of likely N-dealkylation sites (tertiary alicyclic amines) is 1. The Labute approximate surface area is 108 Å². The lowest BCUT2D eigenvalue weighted by atomic mass is 10.1. The zero-order chi connectivity index (χ0) is 12.5. The molecule has 0 aliphatic carbocycles. The Bertz CT molecular complexity index is 594. The number of hydrogen-bond donors (Lipinski definition) is 0.